The van der Waals surface area contributed by atoms with E-state index in [1.165, 1.54) is 0 Å². The van der Waals surface area contributed by atoms with E-state index in [0.717, 1.165) is 24.2 Å². The zero-order valence-corrected chi connectivity index (χ0v) is 10.0. The molecule has 0 radical (unpaired) electrons. The summed E-state index contributed by atoms with van der Waals surface area (Å²) in [5.41, 5.74) is 7.07. The van der Waals surface area contributed by atoms with Gasteiger partial charge in [-0.2, -0.15) is 0 Å². The number of aryl methyl sites for hydroxylation is 1. The Morgan fingerprint density at radius 1 is 1.47 bits per heavy atom. The topological polar surface area (TPSA) is 66.6 Å². The van der Waals surface area contributed by atoms with E-state index in [-0.39, 0.29) is 0 Å². The van der Waals surface area contributed by atoms with E-state index in [1.54, 1.807) is 0 Å². The van der Waals surface area contributed by atoms with Gasteiger partial charge in [-0.25, -0.2) is 0 Å². The van der Waals surface area contributed by atoms with E-state index >= 15 is 0 Å². The molecule has 0 saturated carbocycles. The van der Waals surface area contributed by atoms with Crippen LogP contribution in [0.2, 0.25) is 0 Å². The first-order chi connectivity index (χ1) is 8.03. The number of para-hydroxylation sites is 1. The quantitative estimate of drug-likeness (QED) is 0.811. The molecule has 1 unspecified atom stereocenters. The molecule has 4 nitrogen and oxygen atoms in total. The molecule has 17 heavy (non-hydrogen) atoms. The predicted molar refractivity (Wildman–Crippen MR) is 67.2 cm³/mol. The van der Waals surface area contributed by atoms with Crippen LogP contribution in [0.1, 0.15) is 18.4 Å². The molecule has 92 valence electrons. The Hall–Kier alpha value is -1.55. The molecule has 1 aliphatic heterocycles. The number of rotatable bonds is 2. The van der Waals surface area contributed by atoms with Crippen molar-refractivity contribution in [1.82, 2.24) is 0 Å². The summed E-state index contributed by atoms with van der Waals surface area (Å²) < 4.78 is 0. The number of piperidine rings is 1. The highest BCUT2D eigenvalue weighted by atomic mass is 16.4. The van der Waals surface area contributed by atoms with Crippen molar-refractivity contribution in [3.05, 3.63) is 29.8 Å². The number of benzene rings is 1. The monoisotopic (exact) mass is 234 g/mol. The summed E-state index contributed by atoms with van der Waals surface area (Å²) in [6, 6.07) is 8.00. The molecule has 1 aromatic carbocycles. The van der Waals surface area contributed by atoms with Gasteiger partial charge >= 0.3 is 5.97 Å². The van der Waals surface area contributed by atoms with E-state index in [4.69, 9.17) is 5.73 Å². The molecule has 1 aromatic rings. The maximum Gasteiger partial charge on any atom is 0.325 e. The van der Waals surface area contributed by atoms with Gasteiger partial charge in [0.15, 0.2) is 0 Å². The van der Waals surface area contributed by atoms with Gasteiger partial charge in [0, 0.05) is 18.8 Å². The highest BCUT2D eigenvalue weighted by molar-refractivity contribution is 5.80. The van der Waals surface area contributed by atoms with Crippen molar-refractivity contribution in [2.45, 2.75) is 25.3 Å². The first kappa shape index (κ1) is 11.9. The summed E-state index contributed by atoms with van der Waals surface area (Å²) in [6.45, 7) is 3.28. The first-order valence-corrected chi connectivity index (χ1v) is 5.86. The highest BCUT2D eigenvalue weighted by Crippen LogP contribution is 2.27. The van der Waals surface area contributed by atoms with Crippen LogP contribution in [0.4, 0.5) is 5.69 Å². The van der Waals surface area contributed by atoms with Crippen LogP contribution in [-0.4, -0.2) is 29.7 Å². The minimum absolute atomic E-state index is 0.382. The molecule has 1 atom stereocenters. The maximum absolute atomic E-state index is 11.2. The number of carboxylic acid groups (broad SMARTS) is 1. The van der Waals surface area contributed by atoms with Crippen LogP contribution in [0.25, 0.3) is 0 Å². The third kappa shape index (κ3) is 2.26. The molecule has 4 heteroatoms. The van der Waals surface area contributed by atoms with E-state index in [1.807, 2.05) is 31.2 Å². The molecule has 0 bridgehead atoms. The van der Waals surface area contributed by atoms with Gasteiger partial charge in [0.2, 0.25) is 0 Å². The second-order valence-corrected chi connectivity index (χ2v) is 4.77. The second kappa shape index (κ2) is 4.37. The molecule has 3 N–H and O–H groups in total. The van der Waals surface area contributed by atoms with Gasteiger partial charge in [0.05, 0.1) is 0 Å². The van der Waals surface area contributed by atoms with E-state index in [0.29, 0.717) is 13.0 Å². The Kier molecular flexibility index (Phi) is 3.07. The highest BCUT2D eigenvalue weighted by Gasteiger charge is 2.38. The normalized spacial score (nSPS) is 24.7. The zero-order valence-electron chi connectivity index (χ0n) is 10.0. The minimum atomic E-state index is -1.11. The van der Waals surface area contributed by atoms with Crippen LogP contribution in [0, 0.1) is 6.92 Å². The molecule has 0 spiro atoms. The zero-order chi connectivity index (χ0) is 12.5. The fraction of sp³-hybridized carbons (Fsp3) is 0.462. The third-order valence-corrected chi connectivity index (χ3v) is 3.41. The van der Waals surface area contributed by atoms with Gasteiger partial charge in [-0.1, -0.05) is 18.2 Å². The smallest absolute Gasteiger partial charge is 0.325 e. The van der Waals surface area contributed by atoms with Crippen molar-refractivity contribution in [2.75, 3.05) is 18.0 Å². The molecule has 2 rings (SSSR count). The van der Waals surface area contributed by atoms with Crippen LogP contribution < -0.4 is 10.6 Å². The average molecular weight is 234 g/mol. The van der Waals surface area contributed by atoms with Gasteiger partial charge in [0.1, 0.15) is 5.54 Å². The average Bonchev–Trinajstić information content (AvgIpc) is 2.29. The van der Waals surface area contributed by atoms with Crippen LogP contribution in [0.15, 0.2) is 24.3 Å². The molecule has 1 fully saturated rings. The lowest BCUT2D eigenvalue weighted by molar-refractivity contribution is -0.143. The molecule has 0 aliphatic carbocycles. The number of nitrogens with two attached hydrogens (primary N) is 1. The Morgan fingerprint density at radius 2 is 2.18 bits per heavy atom. The van der Waals surface area contributed by atoms with Crippen molar-refractivity contribution >= 4 is 11.7 Å². The number of hydrogen-bond donors (Lipinski definition) is 2. The van der Waals surface area contributed by atoms with E-state index in [9.17, 15) is 9.90 Å². The SMILES string of the molecule is Cc1ccccc1N1CCCC(N)(C(=O)O)C1. The number of hydrogen-bond acceptors (Lipinski definition) is 3. The van der Waals surface area contributed by atoms with Crippen LogP contribution in [0.3, 0.4) is 0 Å². The van der Waals surface area contributed by atoms with Crippen LogP contribution >= 0.6 is 0 Å². The summed E-state index contributed by atoms with van der Waals surface area (Å²) in [5, 5.41) is 9.18. The molecular formula is C13H18N2O2. The minimum Gasteiger partial charge on any atom is -0.480 e. The number of carbonyl (C=O) groups is 1. The summed E-state index contributed by atoms with van der Waals surface area (Å²) >= 11 is 0. The number of nitrogens with zero attached hydrogens (tertiary/aromatic N) is 1. The molecule has 1 aliphatic rings. The molecule has 1 saturated heterocycles. The Balaban J connectivity index is 2.24. The largest absolute Gasteiger partial charge is 0.480 e. The van der Waals surface area contributed by atoms with Crippen LogP contribution in [-0.2, 0) is 4.79 Å². The lowest BCUT2D eigenvalue weighted by atomic mass is 9.89. The lowest BCUT2D eigenvalue weighted by Crippen LogP contribution is -2.59. The van der Waals surface area contributed by atoms with Crippen molar-refractivity contribution in [2.24, 2.45) is 5.73 Å². The number of aliphatic carboxylic acids is 1. The molecule has 0 aromatic heterocycles. The summed E-state index contributed by atoms with van der Waals surface area (Å²) in [7, 11) is 0. The van der Waals surface area contributed by atoms with Gasteiger partial charge in [0.25, 0.3) is 0 Å². The number of carboxylic acids is 1. The lowest BCUT2D eigenvalue weighted by Gasteiger charge is -2.39. The molecular weight excluding hydrogens is 216 g/mol. The summed E-state index contributed by atoms with van der Waals surface area (Å²) in [5.74, 6) is -0.907. The van der Waals surface area contributed by atoms with Gasteiger partial charge in [-0.05, 0) is 31.4 Å². The molecule has 1 heterocycles. The fourth-order valence-corrected chi connectivity index (χ4v) is 2.38. The molecule has 0 amide bonds. The van der Waals surface area contributed by atoms with E-state index < -0.39 is 11.5 Å². The summed E-state index contributed by atoms with van der Waals surface area (Å²) in [4.78, 5) is 13.3. The number of anilines is 1. The van der Waals surface area contributed by atoms with Crippen molar-refractivity contribution in [1.29, 1.82) is 0 Å². The van der Waals surface area contributed by atoms with Gasteiger partial charge in [-0.3, -0.25) is 4.79 Å². The second-order valence-electron chi connectivity index (χ2n) is 4.77. The summed E-state index contributed by atoms with van der Waals surface area (Å²) in [6.07, 6.45) is 1.36. The maximum atomic E-state index is 11.2. The van der Waals surface area contributed by atoms with Gasteiger partial charge < -0.3 is 15.7 Å². The Morgan fingerprint density at radius 3 is 2.82 bits per heavy atom. The Labute approximate surface area is 101 Å². The third-order valence-electron chi connectivity index (χ3n) is 3.41. The standard InChI is InChI=1S/C13H18N2O2/c1-10-5-2-3-6-11(10)15-8-4-7-13(14,9-15)12(16)17/h2-3,5-6H,4,7-9,14H2,1H3,(H,16,17). The van der Waals surface area contributed by atoms with Crippen molar-refractivity contribution in [3.63, 3.8) is 0 Å². The Bertz CT molecular complexity index is 433. The van der Waals surface area contributed by atoms with Gasteiger partial charge in [-0.15, -0.1) is 0 Å². The van der Waals surface area contributed by atoms with Crippen LogP contribution in [0.5, 0.6) is 0 Å². The predicted octanol–water partition coefficient (Wildman–Crippen LogP) is 1.38. The van der Waals surface area contributed by atoms with Crippen molar-refractivity contribution < 1.29 is 9.90 Å². The first-order valence-electron chi connectivity index (χ1n) is 5.86. The van der Waals surface area contributed by atoms with E-state index in [2.05, 4.69) is 4.90 Å². The van der Waals surface area contributed by atoms with Crippen molar-refractivity contribution in [3.8, 4) is 0 Å². The fourth-order valence-electron chi connectivity index (χ4n) is 2.38.